The number of anilines is 1. The average molecular weight is 317 g/mol. The van der Waals surface area contributed by atoms with Crippen molar-refractivity contribution in [3.63, 3.8) is 0 Å². The van der Waals surface area contributed by atoms with Crippen LogP contribution in [0.15, 0.2) is 36.4 Å². The molecule has 0 saturated heterocycles. The molecule has 0 saturated carbocycles. The first-order valence-electron chi connectivity index (χ1n) is 5.64. The molecule has 1 atom stereocenters. The summed E-state index contributed by atoms with van der Waals surface area (Å²) in [7, 11) is 0. The van der Waals surface area contributed by atoms with Crippen LogP contribution >= 0.6 is 34.8 Å². The van der Waals surface area contributed by atoms with Crippen molar-refractivity contribution in [1.82, 2.24) is 0 Å². The van der Waals surface area contributed by atoms with Gasteiger partial charge in [-0.3, -0.25) is 0 Å². The van der Waals surface area contributed by atoms with E-state index in [1.807, 2.05) is 6.92 Å². The van der Waals surface area contributed by atoms with Crippen LogP contribution < -0.4 is 10.5 Å². The summed E-state index contributed by atoms with van der Waals surface area (Å²) in [6, 6.07) is 10.5. The molecule has 0 heterocycles. The number of hydrogen-bond acceptors (Lipinski definition) is 2. The first kappa shape index (κ1) is 14.3. The van der Waals surface area contributed by atoms with Crippen LogP contribution in [-0.4, -0.2) is 0 Å². The van der Waals surface area contributed by atoms with E-state index in [2.05, 4.69) is 0 Å². The minimum atomic E-state index is -0.317. The third-order valence-electron chi connectivity index (χ3n) is 2.68. The van der Waals surface area contributed by atoms with Gasteiger partial charge >= 0.3 is 0 Å². The Hall–Kier alpha value is -1.09. The highest BCUT2D eigenvalue weighted by atomic mass is 35.5. The molecule has 0 bridgehead atoms. The summed E-state index contributed by atoms with van der Waals surface area (Å²) in [6.07, 6.45) is -0.317. The predicted molar refractivity (Wildman–Crippen MR) is 81.4 cm³/mol. The topological polar surface area (TPSA) is 35.2 Å². The maximum Gasteiger partial charge on any atom is 0.124 e. The van der Waals surface area contributed by atoms with E-state index in [-0.39, 0.29) is 6.10 Å². The minimum Gasteiger partial charge on any atom is -0.486 e. The lowest BCUT2D eigenvalue weighted by Crippen LogP contribution is -2.05. The molecular weight excluding hydrogens is 305 g/mol. The summed E-state index contributed by atoms with van der Waals surface area (Å²) in [5.41, 5.74) is 6.97. The number of nitrogens with two attached hydrogens (primary N) is 1. The first-order valence-corrected chi connectivity index (χ1v) is 6.78. The van der Waals surface area contributed by atoms with Crippen molar-refractivity contribution in [1.29, 1.82) is 0 Å². The van der Waals surface area contributed by atoms with Gasteiger partial charge in [0.25, 0.3) is 0 Å². The zero-order valence-corrected chi connectivity index (χ0v) is 12.4. The van der Waals surface area contributed by atoms with Crippen LogP contribution in [0.1, 0.15) is 18.6 Å². The molecule has 0 aliphatic carbocycles. The SMILES string of the molecule is CC(Oc1ccc(N)cc1)c1c(Cl)ccc(Cl)c1Cl. The van der Waals surface area contributed by atoms with Gasteiger partial charge in [-0.15, -0.1) is 0 Å². The molecule has 100 valence electrons. The van der Waals surface area contributed by atoms with Crippen molar-refractivity contribution in [2.75, 3.05) is 5.73 Å². The van der Waals surface area contributed by atoms with Gasteiger partial charge in [0.05, 0.1) is 10.0 Å². The Balaban J connectivity index is 2.27. The lowest BCUT2D eigenvalue weighted by molar-refractivity contribution is 0.227. The number of benzene rings is 2. The van der Waals surface area contributed by atoms with E-state index >= 15 is 0 Å². The summed E-state index contributed by atoms with van der Waals surface area (Å²) in [4.78, 5) is 0. The van der Waals surface area contributed by atoms with E-state index in [0.717, 1.165) is 0 Å². The molecule has 19 heavy (non-hydrogen) atoms. The number of hydrogen-bond donors (Lipinski definition) is 1. The molecule has 0 spiro atoms. The van der Waals surface area contributed by atoms with E-state index in [4.69, 9.17) is 45.3 Å². The van der Waals surface area contributed by atoms with E-state index in [9.17, 15) is 0 Å². The summed E-state index contributed by atoms with van der Waals surface area (Å²) >= 11 is 18.3. The molecular formula is C14H12Cl3NO. The number of ether oxygens (including phenoxy) is 1. The molecule has 2 N–H and O–H groups in total. The van der Waals surface area contributed by atoms with Crippen molar-refractivity contribution < 1.29 is 4.74 Å². The Morgan fingerprint density at radius 1 is 0.947 bits per heavy atom. The van der Waals surface area contributed by atoms with Gasteiger partial charge in [-0.25, -0.2) is 0 Å². The van der Waals surface area contributed by atoms with Crippen molar-refractivity contribution in [2.45, 2.75) is 13.0 Å². The van der Waals surface area contributed by atoms with Gasteiger partial charge in [0.2, 0.25) is 0 Å². The Labute approximate surface area is 127 Å². The Morgan fingerprint density at radius 3 is 2.16 bits per heavy atom. The lowest BCUT2D eigenvalue weighted by Gasteiger charge is -2.18. The highest BCUT2D eigenvalue weighted by Crippen LogP contribution is 2.37. The van der Waals surface area contributed by atoms with Crippen LogP contribution in [0, 0.1) is 0 Å². The fourth-order valence-corrected chi connectivity index (χ4v) is 2.57. The highest BCUT2D eigenvalue weighted by Gasteiger charge is 2.17. The van der Waals surface area contributed by atoms with Crippen LogP contribution in [0.2, 0.25) is 15.1 Å². The van der Waals surface area contributed by atoms with Crippen LogP contribution in [0.25, 0.3) is 0 Å². The molecule has 0 amide bonds. The van der Waals surface area contributed by atoms with Crippen LogP contribution in [-0.2, 0) is 0 Å². The minimum absolute atomic E-state index is 0.317. The van der Waals surface area contributed by atoms with Gasteiger partial charge in [0, 0.05) is 16.3 Å². The summed E-state index contributed by atoms with van der Waals surface area (Å²) in [5.74, 6) is 0.689. The molecule has 5 heteroatoms. The van der Waals surface area contributed by atoms with Crippen molar-refractivity contribution in [3.8, 4) is 5.75 Å². The van der Waals surface area contributed by atoms with Gasteiger partial charge in [0.15, 0.2) is 0 Å². The highest BCUT2D eigenvalue weighted by molar-refractivity contribution is 6.44. The van der Waals surface area contributed by atoms with Crippen molar-refractivity contribution >= 4 is 40.5 Å². The van der Waals surface area contributed by atoms with Gasteiger partial charge in [-0.05, 0) is 43.3 Å². The molecule has 2 aromatic rings. The van der Waals surface area contributed by atoms with E-state index in [1.54, 1.807) is 36.4 Å². The third kappa shape index (κ3) is 3.27. The van der Waals surface area contributed by atoms with Gasteiger partial charge in [0.1, 0.15) is 11.9 Å². The molecule has 0 aromatic heterocycles. The maximum atomic E-state index is 6.17. The summed E-state index contributed by atoms with van der Waals surface area (Å²) < 4.78 is 5.79. The molecule has 0 radical (unpaired) electrons. The zero-order chi connectivity index (χ0) is 14.0. The van der Waals surface area contributed by atoms with E-state index in [1.165, 1.54) is 0 Å². The number of rotatable bonds is 3. The smallest absolute Gasteiger partial charge is 0.124 e. The average Bonchev–Trinajstić information content (AvgIpc) is 2.37. The Morgan fingerprint density at radius 2 is 1.53 bits per heavy atom. The standard InChI is InChI=1S/C14H12Cl3NO/c1-8(19-10-4-2-9(18)3-5-10)13-11(15)6-7-12(16)14(13)17/h2-8H,18H2,1H3. The molecule has 1 unspecified atom stereocenters. The van der Waals surface area contributed by atoms with Gasteiger partial charge in [-0.1, -0.05) is 34.8 Å². The molecule has 0 fully saturated rings. The largest absolute Gasteiger partial charge is 0.486 e. The van der Waals surface area contributed by atoms with Gasteiger partial charge < -0.3 is 10.5 Å². The second-order valence-corrected chi connectivity index (χ2v) is 5.28. The Kier molecular flexibility index (Phi) is 4.46. The molecule has 2 aromatic carbocycles. The second kappa shape index (κ2) is 5.91. The fraction of sp³-hybridized carbons (Fsp3) is 0.143. The monoisotopic (exact) mass is 315 g/mol. The third-order valence-corrected chi connectivity index (χ3v) is 3.83. The van der Waals surface area contributed by atoms with E-state index < -0.39 is 0 Å². The normalized spacial score (nSPS) is 12.2. The van der Waals surface area contributed by atoms with Crippen LogP contribution in [0.4, 0.5) is 5.69 Å². The number of nitrogen functional groups attached to an aromatic ring is 1. The van der Waals surface area contributed by atoms with Gasteiger partial charge in [-0.2, -0.15) is 0 Å². The zero-order valence-electron chi connectivity index (χ0n) is 10.2. The molecule has 2 nitrogen and oxygen atoms in total. The molecule has 0 aliphatic rings. The predicted octanol–water partition coefficient (Wildman–Crippen LogP) is 5.37. The quantitative estimate of drug-likeness (QED) is 0.610. The molecule has 2 rings (SSSR count). The van der Waals surface area contributed by atoms with Crippen molar-refractivity contribution in [3.05, 3.63) is 57.0 Å². The number of halogens is 3. The molecule has 0 aliphatic heterocycles. The maximum absolute atomic E-state index is 6.17. The lowest BCUT2D eigenvalue weighted by atomic mass is 10.1. The summed E-state index contributed by atoms with van der Waals surface area (Å²) in [6.45, 7) is 1.86. The van der Waals surface area contributed by atoms with Crippen molar-refractivity contribution in [2.24, 2.45) is 0 Å². The second-order valence-electron chi connectivity index (χ2n) is 4.09. The van der Waals surface area contributed by atoms with Crippen LogP contribution in [0.5, 0.6) is 5.75 Å². The van der Waals surface area contributed by atoms with Crippen LogP contribution in [0.3, 0.4) is 0 Å². The van der Waals surface area contributed by atoms with E-state index in [0.29, 0.717) is 32.1 Å². The fourth-order valence-electron chi connectivity index (χ4n) is 1.72. The first-order chi connectivity index (χ1) is 8.99. The Bertz CT molecular complexity index is 584. The summed E-state index contributed by atoms with van der Waals surface area (Å²) in [5, 5.41) is 1.39.